The van der Waals surface area contributed by atoms with E-state index in [0.717, 1.165) is 38.3 Å². The summed E-state index contributed by atoms with van der Waals surface area (Å²) < 4.78 is 0. The predicted molar refractivity (Wildman–Crippen MR) is 82.1 cm³/mol. The molecule has 0 heterocycles. The average Bonchev–Trinajstić information content (AvgIpc) is 2.40. The Morgan fingerprint density at radius 3 is 2.44 bits per heavy atom. The fourth-order valence-electron chi connectivity index (χ4n) is 1.68. The first-order valence-electron chi connectivity index (χ1n) is 6.95. The van der Waals surface area contributed by atoms with Crippen molar-refractivity contribution in [2.45, 2.75) is 41.0 Å². The van der Waals surface area contributed by atoms with E-state index in [0.29, 0.717) is 0 Å². The SMILES string of the molecule is C/C=C(/C)N=CC/C(=C\C)N(CC)CCNCC. The Kier molecular flexibility index (Phi) is 10.4. The van der Waals surface area contributed by atoms with Gasteiger partial charge in [0.25, 0.3) is 0 Å². The summed E-state index contributed by atoms with van der Waals surface area (Å²) >= 11 is 0. The minimum atomic E-state index is 0.904. The van der Waals surface area contributed by atoms with E-state index in [4.69, 9.17) is 0 Å². The van der Waals surface area contributed by atoms with E-state index < -0.39 is 0 Å². The van der Waals surface area contributed by atoms with Gasteiger partial charge in [0.15, 0.2) is 0 Å². The van der Waals surface area contributed by atoms with Gasteiger partial charge in [0, 0.05) is 43.7 Å². The summed E-state index contributed by atoms with van der Waals surface area (Å²) in [6.45, 7) is 14.6. The summed E-state index contributed by atoms with van der Waals surface area (Å²) in [6.07, 6.45) is 7.11. The Morgan fingerprint density at radius 1 is 1.22 bits per heavy atom. The molecule has 104 valence electrons. The van der Waals surface area contributed by atoms with E-state index in [9.17, 15) is 0 Å². The van der Waals surface area contributed by atoms with E-state index in [1.165, 1.54) is 5.70 Å². The van der Waals surface area contributed by atoms with Crippen LogP contribution in [0.5, 0.6) is 0 Å². The number of hydrogen-bond donors (Lipinski definition) is 1. The standard InChI is InChI=1S/C15H29N3/c1-6-14(5)17-11-10-15(7-2)18(9-4)13-12-16-8-3/h6-7,11,16H,8-10,12-13H2,1-5H3/b14-6-,15-7+,17-11?. The van der Waals surface area contributed by atoms with Crippen LogP contribution in [0.2, 0.25) is 0 Å². The third-order valence-electron chi connectivity index (χ3n) is 2.94. The lowest BCUT2D eigenvalue weighted by Crippen LogP contribution is -2.31. The van der Waals surface area contributed by atoms with Crippen molar-refractivity contribution in [3.8, 4) is 0 Å². The van der Waals surface area contributed by atoms with E-state index >= 15 is 0 Å². The van der Waals surface area contributed by atoms with E-state index in [1.54, 1.807) is 0 Å². The molecular formula is C15H29N3. The second-order valence-corrected chi connectivity index (χ2v) is 4.16. The van der Waals surface area contributed by atoms with E-state index in [1.807, 2.05) is 26.1 Å². The van der Waals surface area contributed by atoms with Crippen LogP contribution in [-0.4, -0.2) is 37.3 Å². The monoisotopic (exact) mass is 251 g/mol. The third-order valence-corrected chi connectivity index (χ3v) is 2.94. The van der Waals surface area contributed by atoms with Gasteiger partial charge >= 0.3 is 0 Å². The summed E-state index contributed by atoms with van der Waals surface area (Å²) in [5.74, 6) is 0. The Morgan fingerprint density at radius 2 is 1.94 bits per heavy atom. The summed E-state index contributed by atoms with van der Waals surface area (Å²) in [6, 6.07) is 0. The lowest BCUT2D eigenvalue weighted by atomic mass is 10.2. The van der Waals surface area contributed by atoms with Crippen LogP contribution in [0.15, 0.2) is 28.5 Å². The van der Waals surface area contributed by atoms with Crippen molar-refractivity contribution in [3.05, 3.63) is 23.5 Å². The molecule has 0 saturated carbocycles. The van der Waals surface area contributed by atoms with Crippen LogP contribution in [0, 0.1) is 0 Å². The molecule has 0 atom stereocenters. The topological polar surface area (TPSA) is 27.6 Å². The summed E-state index contributed by atoms with van der Waals surface area (Å²) in [7, 11) is 0. The molecule has 0 aromatic rings. The highest BCUT2D eigenvalue weighted by atomic mass is 15.1. The fraction of sp³-hybridized carbons (Fsp3) is 0.667. The maximum Gasteiger partial charge on any atom is 0.0326 e. The van der Waals surface area contributed by atoms with Gasteiger partial charge in [-0.15, -0.1) is 0 Å². The molecule has 0 fully saturated rings. The quantitative estimate of drug-likeness (QED) is 0.503. The van der Waals surface area contributed by atoms with Crippen molar-refractivity contribution in [1.82, 2.24) is 10.2 Å². The van der Waals surface area contributed by atoms with Crippen LogP contribution >= 0.6 is 0 Å². The number of aliphatic imine (C=N–C) groups is 1. The Labute approximate surface area is 113 Å². The van der Waals surface area contributed by atoms with Crippen LogP contribution in [0.3, 0.4) is 0 Å². The molecule has 0 saturated heterocycles. The molecule has 0 aliphatic heterocycles. The molecule has 0 radical (unpaired) electrons. The average molecular weight is 251 g/mol. The van der Waals surface area contributed by atoms with Crippen LogP contribution in [0.1, 0.15) is 41.0 Å². The van der Waals surface area contributed by atoms with Crippen LogP contribution in [0.25, 0.3) is 0 Å². The molecule has 0 spiro atoms. The van der Waals surface area contributed by atoms with Gasteiger partial charge in [-0.25, -0.2) is 0 Å². The van der Waals surface area contributed by atoms with Gasteiger partial charge < -0.3 is 10.2 Å². The van der Waals surface area contributed by atoms with Crippen molar-refractivity contribution in [3.63, 3.8) is 0 Å². The molecule has 0 aromatic heterocycles. The van der Waals surface area contributed by atoms with Crippen molar-refractivity contribution in [1.29, 1.82) is 0 Å². The molecule has 0 aliphatic rings. The maximum atomic E-state index is 4.40. The number of rotatable bonds is 9. The van der Waals surface area contributed by atoms with Gasteiger partial charge in [-0.2, -0.15) is 0 Å². The second kappa shape index (κ2) is 11.0. The Hall–Kier alpha value is -1.09. The van der Waals surface area contributed by atoms with Gasteiger partial charge in [0.1, 0.15) is 0 Å². The maximum absolute atomic E-state index is 4.40. The van der Waals surface area contributed by atoms with Gasteiger partial charge in [0.05, 0.1) is 0 Å². The molecule has 0 rings (SSSR count). The van der Waals surface area contributed by atoms with E-state index in [2.05, 4.69) is 42.1 Å². The lowest BCUT2D eigenvalue weighted by Gasteiger charge is -2.25. The fourth-order valence-corrected chi connectivity index (χ4v) is 1.68. The summed E-state index contributed by atoms with van der Waals surface area (Å²) in [5, 5.41) is 3.36. The molecule has 0 aliphatic carbocycles. The van der Waals surface area contributed by atoms with Crippen molar-refractivity contribution >= 4 is 6.21 Å². The summed E-state index contributed by atoms with van der Waals surface area (Å²) in [5.41, 5.74) is 2.42. The largest absolute Gasteiger partial charge is 0.374 e. The highest BCUT2D eigenvalue weighted by Crippen LogP contribution is 2.07. The number of hydrogen-bond acceptors (Lipinski definition) is 3. The first-order chi connectivity index (χ1) is 8.69. The first kappa shape index (κ1) is 16.9. The van der Waals surface area contributed by atoms with Gasteiger partial charge in [-0.05, 0) is 34.2 Å². The highest BCUT2D eigenvalue weighted by molar-refractivity contribution is 5.62. The zero-order chi connectivity index (χ0) is 13.8. The van der Waals surface area contributed by atoms with Crippen molar-refractivity contribution < 1.29 is 0 Å². The summed E-state index contributed by atoms with van der Waals surface area (Å²) in [4.78, 5) is 6.80. The molecule has 1 N–H and O–H groups in total. The Balaban J connectivity index is 4.32. The number of likely N-dealkylation sites (N-methyl/N-ethyl adjacent to an activating group) is 2. The number of nitrogens with one attached hydrogen (secondary N) is 1. The van der Waals surface area contributed by atoms with Crippen LogP contribution < -0.4 is 5.32 Å². The molecule has 0 unspecified atom stereocenters. The molecule has 0 amide bonds. The normalized spacial score (nSPS) is 13.4. The number of allylic oxidation sites excluding steroid dienone is 4. The Bertz CT molecular complexity index is 290. The zero-order valence-electron chi connectivity index (χ0n) is 12.7. The minimum Gasteiger partial charge on any atom is -0.374 e. The third kappa shape index (κ3) is 7.28. The van der Waals surface area contributed by atoms with Gasteiger partial charge in [-0.1, -0.05) is 19.1 Å². The molecule has 18 heavy (non-hydrogen) atoms. The lowest BCUT2D eigenvalue weighted by molar-refractivity contribution is 0.355. The smallest absolute Gasteiger partial charge is 0.0326 e. The van der Waals surface area contributed by atoms with Crippen molar-refractivity contribution in [2.75, 3.05) is 26.2 Å². The molecule has 0 aromatic carbocycles. The molecule has 3 nitrogen and oxygen atoms in total. The molecule has 3 heteroatoms. The zero-order valence-corrected chi connectivity index (χ0v) is 12.7. The second-order valence-electron chi connectivity index (χ2n) is 4.16. The molecule has 0 bridgehead atoms. The van der Waals surface area contributed by atoms with E-state index in [-0.39, 0.29) is 0 Å². The van der Waals surface area contributed by atoms with Crippen LogP contribution in [-0.2, 0) is 0 Å². The minimum absolute atomic E-state index is 0.904. The van der Waals surface area contributed by atoms with Crippen LogP contribution in [0.4, 0.5) is 0 Å². The van der Waals surface area contributed by atoms with Gasteiger partial charge in [-0.3, -0.25) is 4.99 Å². The molecular weight excluding hydrogens is 222 g/mol. The first-order valence-corrected chi connectivity index (χ1v) is 6.95. The number of nitrogens with zero attached hydrogens (tertiary/aromatic N) is 2. The highest BCUT2D eigenvalue weighted by Gasteiger charge is 2.04. The van der Waals surface area contributed by atoms with Gasteiger partial charge in [0.2, 0.25) is 0 Å². The van der Waals surface area contributed by atoms with Crippen molar-refractivity contribution in [2.24, 2.45) is 4.99 Å². The predicted octanol–water partition coefficient (Wildman–Crippen LogP) is 3.21.